The van der Waals surface area contributed by atoms with Gasteiger partial charge in [-0.2, -0.15) is 0 Å². The number of thiol groups is 1. The van der Waals surface area contributed by atoms with E-state index >= 15 is 0 Å². The van der Waals surface area contributed by atoms with Crippen molar-refractivity contribution in [1.29, 1.82) is 0 Å². The number of nitrogens with one attached hydrogen (secondary N) is 3. The summed E-state index contributed by atoms with van der Waals surface area (Å²) in [5.74, 6) is 0.703. The molecule has 0 saturated heterocycles. The van der Waals surface area contributed by atoms with Gasteiger partial charge < -0.3 is 16.0 Å². The van der Waals surface area contributed by atoms with Gasteiger partial charge in [0.25, 0.3) is 11.8 Å². The highest BCUT2D eigenvalue weighted by Crippen LogP contribution is 2.40. The number of amides is 3. The second-order valence-electron chi connectivity index (χ2n) is 15.7. The van der Waals surface area contributed by atoms with Gasteiger partial charge in [0.2, 0.25) is 5.91 Å². The van der Waals surface area contributed by atoms with E-state index in [-0.39, 0.29) is 48.3 Å². The van der Waals surface area contributed by atoms with Crippen molar-refractivity contribution in [2.45, 2.75) is 63.9 Å². The van der Waals surface area contributed by atoms with Crippen LogP contribution in [0.4, 0.5) is 4.39 Å². The van der Waals surface area contributed by atoms with Crippen LogP contribution in [0.1, 0.15) is 91.2 Å². The average Bonchev–Trinajstić information content (AvgIpc) is 3.87. The molecule has 0 radical (unpaired) electrons. The van der Waals surface area contributed by atoms with Gasteiger partial charge in [0.1, 0.15) is 22.7 Å². The maximum atomic E-state index is 13.6. The molecule has 8 rings (SSSR count). The fourth-order valence-corrected chi connectivity index (χ4v) is 9.81. The molecule has 2 unspecified atom stereocenters. The number of allylic oxidation sites excluding steroid dienone is 1. The van der Waals surface area contributed by atoms with E-state index in [4.69, 9.17) is 16.6 Å². The highest BCUT2D eigenvalue weighted by atomic mass is 35.5. The number of aryl methyl sites for hydroxylation is 2. The molecular formula is C46H44ClFN8O3S2. The standard InChI is InChI=1S/C46H44ClFN8O3S2/c1-24-15-29(22-50-39(57)20-37-43-55-54-27(4)56(43)46-40(25(2)26(3)61-46)42(53-37)30-7-9-35(47)10-8-30)16-31(24)13-14-49-44(58)33-17-32-18-34(23-51-41(32)38(60)19-33)45(59)52-21-28-5-11-36(48)12-6-28/h5-12,17-19,23,29,31,37,60H,1,13-16,20-22H2,2-4H3,(H,49,58)(H,50,57)(H,52,59)/t29?,31?,37-/m0/s1. The summed E-state index contributed by atoms with van der Waals surface area (Å²) >= 11 is 12.5. The van der Waals surface area contributed by atoms with Gasteiger partial charge >= 0.3 is 0 Å². The number of nitrogens with zero attached hydrogens (tertiary/aromatic N) is 5. The maximum Gasteiger partial charge on any atom is 0.253 e. The van der Waals surface area contributed by atoms with Gasteiger partial charge in [0.15, 0.2) is 5.82 Å². The molecule has 61 heavy (non-hydrogen) atoms. The Morgan fingerprint density at radius 1 is 0.967 bits per heavy atom. The Morgan fingerprint density at radius 2 is 1.70 bits per heavy atom. The van der Waals surface area contributed by atoms with Crippen LogP contribution in [-0.4, -0.2) is 56.3 Å². The van der Waals surface area contributed by atoms with E-state index in [1.54, 1.807) is 41.7 Å². The molecule has 3 aromatic carbocycles. The van der Waals surface area contributed by atoms with E-state index in [9.17, 15) is 18.8 Å². The number of carbonyl (C=O) groups is 3. The third kappa shape index (κ3) is 9.02. The Morgan fingerprint density at radius 3 is 2.48 bits per heavy atom. The number of aliphatic imine (C=N–C) groups is 1. The number of aromatic nitrogens is 4. The van der Waals surface area contributed by atoms with E-state index in [0.29, 0.717) is 57.3 Å². The molecule has 1 saturated carbocycles. The number of carbonyl (C=O) groups excluding carboxylic acids is 3. The van der Waals surface area contributed by atoms with E-state index in [1.165, 1.54) is 23.2 Å². The van der Waals surface area contributed by atoms with Crippen LogP contribution in [0.2, 0.25) is 5.02 Å². The fourth-order valence-electron chi connectivity index (χ4n) is 8.14. The number of hydrogen-bond acceptors (Lipinski definition) is 9. The quantitative estimate of drug-likeness (QED) is 0.0717. The van der Waals surface area contributed by atoms with Gasteiger partial charge in [-0.25, -0.2) is 4.39 Å². The Kier molecular flexibility index (Phi) is 12.2. The van der Waals surface area contributed by atoms with Gasteiger partial charge in [0.05, 0.1) is 23.2 Å². The normalized spacial score (nSPS) is 17.0. The third-order valence-electron chi connectivity index (χ3n) is 11.5. The van der Waals surface area contributed by atoms with E-state index in [2.05, 4.69) is 64.2 Å². The lowest BCUT2D eigenvalue weighted by atomic mass is 9.99. The lowest BCUT2D eigenvalue weighted by Crippen LogP contribution is -2.30. The zero-order valence-corrected chi connectivity index (χ0v) is 36.4. The van der Waals surface area contributed by atoms with Crippen molar-refractivity contribution in [3.8, 4) is 5.00 Å². The summed E-state index contributed by atoms with van der Waals surface area (Å²) < 4.78 is 15.3. The molecule has 3 N–H and O–H groups in total. The SMILES string of the molecule is C=C1CC(CNC(=O)C[C@@H]2N=C(c3ccc(Cl)cc3)c3c(sc(C)c3C)-n3c(C)nnc32)CC1CCNC(=O)c1cc(S)c2ncc(C(=O)NCc3ccc(F)cc3)cc2c1. The molecule has 0 spiro atoms. The first-order valence-electron chi connectivity index (χ1n) is 20.1. The first kappa shape index (κ1) is 42.0. The molecule has 0 bridgehead atoms. The molecule has 312 valence electrons. The van der Waals surface area contributed by atoms with Gasteiger partial charge in [-0.3, -0.25) is 28.9 Å². The molecule has 2 aliphatic rings. The number of thiophene rings is 1. The zero-order chi connectivity index (χ0) is 42.9. The van der Waals surface area contributed by atoms with E-state index in [0.717, 1.165) is 57.2 Å². The zero-order valence-electron chi connectivity index (χ0n) is 33.9. The third-order valence-corrected chi connectivity index (χ3v) is 13.3. The maximum absolute atomic E-state index is 13.6. The molecule has 6 aromatic rings. The van der Waals surface area contributed by atoms with Crippen LogP contribution in [-0.2, 0) is 11.3 Å². The number of halogens is 2. The lowest BCUT2D eigenvalue weighted by molar-refractivity contribution is -0.121. The molecular weight excluding hydrogens is 831 g/mol. The molecule has 1 fully saturated rings. The monoisotopic (exact) mass is 874 g/mol. The summed E-state index contributed by atoms with van der Waals surface area (Å²) in [7, 11) is 0. The smallest absolute Gasteiger partial charge is 0.253 e. The minimum absolute atomic E-state index is 0.107. The molecule has 15 heteroatoms. The number of pyridine rings is 1. The molecule has 1 aliphatic heterocycles. The van der Waals surface area contributed by atoms with Gasteiger partial charge in [-0.1, -0.05) is 48.0 Å². The lowest BCUT2D eigenvalue weighted by Gasteiger charge is -2.15. The van der Waals surface area contributed by atoms with E-state index in [1.807, 2.05) is 35.8 Å². The van der Waals surface area contributed by atoms with Crippen LogP contribution >= 0.6 is 35.6 Å². The summed E-state index contributed by atoms with van der Waals surface area (Å²) in [5, 5.41) is 20.2. The summed E-state index contributed by atoms with van der Waals surface area (Å²) in [6.45, 7) is 11.6. The Labute approximate surface area is 367 Å². The number of fused-ring (bicyclic) bond motifs is 4. The first-order chi connectivity index (χ1) is 29.3. The average molecular weight is 875 g/mol. The Bertz CT molecular complexity index is 2730. The van der Waals surface area contributed by atoms with Crippen LogP contribution in [0, 0.1) is 38.4 Å². The van der Waals surface area contributed by atoms with Crippen molar-refractivity contribution in [2.75, 3.05) is 13.1 Å². The van der Waals surface area contributed by atoms with Gasteiger partial charge in [-0.05, 0) is 105 Å². The number of benzene rings is 3. The molecule has 3 aromatic heterocycles. The van der Waals surface area contributed by atoms with Crippen LogP contribution in [0.25, 0.3) is 15.9 Å². The van der Waals surface area contributed by atoms with Crippen LogP contribution in [0.15, 0.2) is 95.0 Å². The minimum Gasteiger partial charge on any atom is -0.356 e. The van der Waals surface area contributed by atoms with Crippen molar-refractivity contribution in [3.63, 3.8) is 0 Å². The summed E-state index contributed by atoms with van der Waals surface area (Å²) in [5.41, 5.74) is 7.03. The van der Waals surface area contributed by atoms with Crippen LogP contribution in [0.3, 0.4) is 0 Å². The highest BCUT2D eigenvalue weighted by Gasteiger charge is 2.33. The minimum atomic E-state index is -0.556. The molecule has 3 atom stereocenters. The van der Waals surface area contributed by atoms with Gasteiger partial charge in [0, 0.05) is 62.7 Å². The Balaban J connectivity index is 0.862. The largest absolute Gasteiger partial charge is 0.356 e. The second-order valence-corrected chi connectivity index (χ2v) is 17.8. The van der Waals surface area contributed by atoms with Crippen LogP contribution < -0.4 is 16.0 Å². The van der Waals surface area contributed by atoms with Crippen molar-refractivity contribution < 1.29 is 18.8 Å². The topological polar surface area (TPSA) is 143 Å². The Hall–Kier alpha value is -5.70. The van der Waals surface area contributed by atoms with Crippen molar-refractivity contribution in [1.82, 2.24) is 35.7 Å². The highest BCUT2D eigenvalue weighted by molar-refractivity contribution is 7.80. The molecule has 11 nitrogen and oxygen atoms in total. The number of rotatable bonds is 12. The summed E-state index contributed by atoms with van der Waals surface area (Å²) in [6, 6.07) is 18.0. The van der Waals surface area contributed by atoms with Crippen molar-refractivity contribution >= 4 is 69.9 Å². The summed E-state index contributed by atoms with van der Waals surface area (Å²) in [6.07, 6.45) is 3.91. The molecule has 1 aliphatic carbocycles. The predicted octanol–water partition coefficient (Wildman–Crippen LogP) is 8.61. The fraction of sp³-hybridized carbons (Fsp3) is 0.283. The van der Waals surface area contributed by atoms with Crippen molar-refractivity contribution in [3.05, 3.63) is 146 Å². The predicted molar refractivity (Wildman–Crippen MR) is 240 cm³/mol. The number of hydrogen-bond donors (Lipinski definition) is 4. The van der Waals surface area contributed by atoms with Gasteiger partial charge in [-0.15, -0.1) is 34.2 Å². The summed E-state index contributed by atoms with van der Waals surface area (Å²) in [4.78, 5) is 51.2. The van der Waals surface area contributed by atoms with Crippen molar-refractivity contribution in [2.24, 2.45) is 16.8 Å². The first-order valence-corrected chi connectivity index (χ1v) is 21.7. The molecule has 3 amide bonds. The second kappa shape index (κ2) is 17.7. The molecule has 4 heterocycles. The van der Waals surface area contributed by atoms with Crippen LogP contribution in [0.5, 0.6) is 0 Å². The van der Waals surface area contributed by atoms with E-state index < -0.39 is 6.04 Å².